The summed E-state index contributed by atoms with van der Waals surface area (Å²) in [6.07, 6.45) is 6.17. The van der Waals surface area contributed by atoms with Crippen molar-refractivity contribution in [1.82, 2.24) is 20.2 Å². The lowest BCUT2D eigenvalue weighted by atomic mass is 10.1. The van der Waals surface area contributed by atoms with Gasteiger partial charge in [0.1, 0.15) is 9.71 Å². The summed E-state index contributed by atoms with van der Waals surface area (Å²) in [5, 5.41) is 6.70. The van der Waals surface area contributed by atoms with Crippen LogP contribution in [0.3, 0.4) is 0 Å². The molecule has 2 N–H and O–H groups in total. The summed E-state index contributed by atoms with van der Waals surface area (Å²) in [4.78, 5) is 52.1. The third-order valence-corrected chi connectivity index (χ3v) is 7.86. The van der Waals surface area contributed by atoms with Gasteiger partial charge >= 0.3 is 6.03 Å². The molecule has 1 unspecified atom stereocenters. The lowest BCUT2D eigenvalue weighted by Gasteiger charge is -2.32. The van der Waals surface area contributed by atoms with Gasteiger partial charge in [0.05, 0.1) is 28.1 Å². The first-order chi connectivity index (χ1) is 18.5. The van der Waals surface area contributed by atoms with Crippen LogP contribution >= 0.6 is 11.3 Å². The normalized spacial score (nSPS) is 16.7. The molecule has 0 bridgehead atoms. The maximum absolute atomic E-state index is 13.5. The van der Waals surface area contributed by atoms with E-state index in [9.17, 15) is 14.4 Å². The van der Waals surface area contributed by atoms with Gasteiger partial charge in [0, 0.05) is 37.1 Å². The highest BCUT2D eigenvalue weighted by Gasteiger charge is 2.34. The van der Waals surface area contributed by atoms with E-state index >= 15 is 0 Å². The molecular weight excluding hydrogens is 500 g/mol. The molecule has 190 valence electrons. The van der Waals surface area contributed by atoms with Gasteiger partial charge in [-0.05, 0) is 37.1 Å². The van der Waals surface area contributed by atoms with Crippen LogP contribution in [0.15, 0.2) is 73.6 Å². The minimum atomic E-state index is -0.372. The van der Waals surface area contributed by atoms with E-state index < -0.39 is 0 Å². The molecule has 0 saturated carbocycles. The Morgan fingerprint density at radius 2 is 1.95 bits per heavy atom. The molecule has 5 heterocycles. The zero-order valence-corrected chi connectivity index (χ0v) is 21.2. The summed E-state index contributed by atoms with van der Waals surface area (Å²) >= 11 is 1.24. The van der Waals surface area contributed by atoms with Crippen LogP contribution in [0, 0.1) is 0 Å². The lowest BCUT2D eigenvalue weighted by Crippen LogP contribution is -2.49. The maximum Gasteiger partial charge on any atom is 0.331 e. The van der Waals surface area contributed by atoms with Crippen LogP contribution in [0.1, 0.15) is 22.5 Å². The molecule has 38 heavy (non-hydrogen) atoms. The van der Waals surface area contributed by atoms with Crippen molar-refractivity contribution in [3.8, 4) is 11.3 Å². The average molecular weight is 525 g/mol. The number of piperidine rings is 1. The van der Waals surface area contributed by atoms with Crippen LogP contribution in [0.5, 0.6) is 0 Å². The predicted octanol–water partition coefficient (Wildman–Crippen LogP) is 4.95. The summed E-state index contributed by atoms with van der Waals surface area (Å²) in [7, 11) is 0. The maximum atomic E-state index is 13.5. The number of urea groups is 1. The fraction of sp³-hybridized carbons (Fsp3) is 0.179. The van der Waals surface area contributed by atoms with Crippen molar-refractivity contribution in [2.75, 3.05) is 23.3 Å². The summed E-state index contributed by atoms with van der Waals surface area (Å²) in [5.41, 5.74) is 3.45. The molecule has 1 atom stereocenters. The van der Waals surface area contributed by atoms with Crippen LogP contribution < -0.4 is 15.5 Å². The number of rotatable bonds is 5. The first-order valence-corrected chi connectivity index (χ1v) is 13.1. The largest absolute Gasteiger partial charge is 0.347 e. The number of pyridine rings is 2. The van der Waals surface area contributed by atoms with Crippen molar-refractivity contribution < 1.29 is 14.4 Å². The monoisotopic (exact) mass is 524 g/mol. The molecule has 1 fully saturated rings. The minimum Gasteiger partial charge on any atom is -0.347 e. The number of carbonyl (C=O) groups is 3. The highest BCUT2D eigenvalue weighted by Crippen LogP contribution is 2.45. The molecule has 9 nitrogen and oxygen atoms in total. The van der Waals surface area contributed by atoms with E-state index in [1.807, 2.05) is 36.4 Å². The number of nitrogens with zero attached hydrogens (tertiary/aromatic N) is 4. The smallest absolute Gasteiger partial charge is 0.331 e. The van der Waals surface area contributed by atoms with E-state index in [1.165, 1.54) is 17.4 Å². The first kappa shape index (κ1) is 23.8. The molecule has 10 heteroatoms. The Bertz CT molecular complexity index is 1580. The third-order valence-electron chi connectivity index (χ3n) is 6.77. The number of benzene rings is 1. The van der Waals surface area contributed by atoms with Crippen LogP contribution in [-0.4, -0.2) is 51.8 Å². The van der Waals surface area contributed by atoms with E-state index in [1.54, 1.807) is 34.3 Å². The third kappa shape index (κ3) is 4.18. The molecule has 4 aromatic rings. The predicted molar refractivity (Wildman–Crippen MR) is 148 cm³/mol. The summed E-state index contributed by atoms with van der Waals surface area (Å²) in [6.45, 7) is 4.62. The van der Waals surface area contributed by atoms with Crippen LogP contribution in [0.2, 0.25) is 0 Å². The van der Waals surface area contributed by atoms with Gasteiger partial charge in [0.2, 0.25) is 5.91 Å². The number of nitrogens with one attached hydrogen (secondary N) is 2. The number of aromatic nitrogens is 2. The van der Waals surface area contributed by atoms with E-state index in [2.05, 4.69) is 27.2 Å². The van der Waals surface area contributed by atoms with Crippen molar-refractivity contribution in [1.29, 1.82) is 0 Å². The molecule has 4 amide bonds. The number of anilines is 3. The lowest BCUT2D eigenvalue weighted by molar-refractivity contribution is -0.127. The second kappa shape index (κ2) is 9.71. The SMILES string of the molecule is C=CC(=O)N1CCCC(NC(=O)c2sc3nccc4c3c2NC(=O)N4c2ccnc(-c3ccccc3)c2)C1. The molecule has 0 aliphatic carbocycles. The number of amides is 4. The molecule has 3 aromatic heterocycles. The van der Waals surface area contributed by atoms with Crippen molar-refractivity contribution >= 4 is 56.5 Å². The van der Waals surface area contributed by atoms with Gasteiger partial charge < -0.3 is 15.5 Å². The van der Waals surface area contributed by atoms with E-state index in [4.69, 9.17) is 0 Å². The van der Waals surface area contributed by atoms with Crippen molar-refractivity contribution in [2.45, 2.75) is 18.9 Å². The second-order valence-electron chi connectivity index (χ2n) is 9.15. The Balaban J connectivity index is 1.33. The van der Waals surface area contributed by atoms with Crippen molar-refractivity contribution in [3.63, 3.8) is 0 Å². The number of carbonyl (C=O) groups excluding carboxylic acids is 3. The standard InChI is InChI=1S/C28H24N6O3S/c1-2-22(35)33-14-6-9-18(16-33)31-26(36)25-24-23-21(11-13-30-27(23)38-25)34(28(37)32-24)19-10-12-29-20(15-19)17-7-4-3-5-8-17/h2-5,7-8,10-13,15,18H,1,6,9,14,16H2,(H,31,36)(H,32,37). The number of hydrogen-bond acceptors (Lipinski definition) is 6. The molecule has 1 aromatic carbocycles. The topological polar surface area (TPSA) is 108 Å². The molecule has 1 saturated heterocycles. The number of hydrogen-bond donors (Lipinski definition) is 2. The quantitative estimate of drug-likeness (QED) is 0.359. The highest BCUT2D eigenvalue weighted by molar-refractivity contribution is 7.21. The fourth-order valence-electron chi connectivity index (χ4n) is 5.00. The van der Waals surface area contributed by atoms with Gasteiger partial charge in [-0.3, -0.25) is 19.5 Å². The molecule has 6 rings (SSSR count). The number of thiophene rings is 1. The van der Waals surface area contributed by atoms with Crippen LogP contribution in [0.25, 0.3) is 21.5 Å². The molecule has 2 aliphatic rings. The summed E-state index contributed by atoms with van der Waals surface area (Å²) in [5.74, 6) is -0.440. The molecule has 0 radical (unpaired) electrons. The summed E-state index contributed by atoms with van der Waals surface area (Å²) in [6, 6.07) is 14.6. The Hall–Kier alpha value is -4.57. The van der Waals surface area contributed by atoms with Gasteiger partial charge in [0.25, 0.3) is 5.91 Å². The summed E-state index contributed by atoms with van der Waals surface area (Å²) < 4.78 is 0. The Kier molecular flexibility index (Phi) is 6.09. The van der Waals surface area contributed by atoms with Crippen LogP contribution in [-0.2, 0) is 4.79 Å². The Morgan fingerprint density at radius 1 is 1.13 bits per heavy atom. The van der Waals surface area contributed by atoms with Gasteiger partial charge in [-0.25, -0.2) is 9.78 Å². The second-order valence-corrected chi connectivity index (χ2v) is 10.1. The van der Waals surface area contributed by atoms with Crippen molar-refractivity contribution in [3.05, 3.63) is 78.5 Å². The highest BCUT2D eigenvalue weighted by atomic mass is 32.1. The zero-order valence-electron chi connectivity index (χ0n) is 20.4. The van der Waals surface area contributed by atoms with E-state index in [0.29, 0.717) is 45.2 Å². The molecule has 2 aliphatic heterocycles. The molecule has 0 spiro atoms. The average Bonchev–Trinajstić information content (AvgIpc) is 3.33. The minimum absolute atomic E-state index is 0.145. The first-order valence-electron chi connectivity index (χ1n) is 12.3. The van der Waals surface area contributed by atoms with Gasteiger partial charge in [0.15, 0.2) is 0 Å². The Morgan fingerprint density at radius 3 is 2.76 bits per heavy atom. The number of likely N-dealkylation sites (tertiary alicyclic amines) is 1. The van der Waals surface area contributed by atoms with Gasteiger partial charge in [-0.2, -0.15) is 0 Å². The van der Waals surface area contributed by atoms with Crippen LogP contribution in [0.4, 0.5) is 21.9 Å². The molecular formula is C28H24N6O3S. The zero-order chi connectivity index (χ0) is 26.2. The Labute approximate surface area is 222 Å². The van der Waals surface area contributed by atoms with Gasteiger partial charge in [-0.1, -0.05) is 36.9 Å². The van der Waals surface area contributed by atoms with E-state index in [-0.39, 0.29) is 23.9 Å². The van der Waals surface area contributed by atoms with E-state index in [0.717, 1.165) is 24.1 Å². The van der Waals surface area contributed by atoms with Crippen molar-refractivity contribution in [2.24, 2.45) is 0 Å². The fourth-order valence-corrected chi connectivity index (χ4v) is 6.02. The van der Waals surface area contributed by atoms with Gasteiger partial charge in [-0.15, -0.1) is 11.3 Å².